The number of sulfonamides is 1. The van der Waals surface area contributed by atoms with Crippen LogP contribution in [0.15, 0.2) is 83.8 Å². The summed E-state index contributed by atoms with van der Waals surface area (Å²) in [5.74, 6) is -1.72. The summed E-state index contributed by atoms with van der Waals surface area (Å²) in [7, 11) is -4.21. The summed E-state index contributed by atoms with van der Waals surface area (Å²) in [4.78, 5) is 42.1. The lowest BCUT2D eigenvalue weighted by molar-refractivity contribution is -0.141. The van der Waals surface area contributed by atoms with Crippen LogP contribution in [0.2, 0.25) is 5.02 Å². The number of nitrogens with one attached hydrogen (secondary N) is 1. The zero-order valence-corrected chi connectivity index (χ0v) is 23.4. The molecule has 1 aliphatic heterocycles. The second kappa shape index (κ2) is 11.8. The predicted octanol–water partition coefficient (Wildman–Crippen LogP) is 4.18. The second-order valence-electron chi connectivity index (χ2n) is 10.2. The third-order valence-corrected chi connectivity index (χ3v) is 9.47. The molecule has 3 aromatic carbocycles. The van der Waals surface area contributed by atoms with Gasteiger partial charge in [0.05, 0.1) is 5.56 Å². The molecule has 1 atom stereocenters. The van der Waals surface area contributed by atoms with Crippen LogP contribution >= 0.6 is 11.6 Å². The van der Waals surface area contributed by atoms with Crippen molar-refractivity contribution in [2.24, 2.45) is 0 Å². The zero-order valence-electron chi connectivity index (χ0n) is 21.8. The molecule has 0 saturated heterocycles. The van der Waals surface area contributed by atoms with Gasteiger partial charge in [-0.15, -0.1) is 0 Å². The van der Waals surface area contributed by atoms with E-state index in [1.54, 1.807) is 30.3 Å². The van der Waals surface area contributed by atoms with Gasteiger partial charge in [0, 0.05) is 24.0 Å². The van der Waals surface area contributed by atoms with Gasteiger partial charge in [0.2, 0.25) is 11.8 Å². The molecule has 1 saturated carbocycles. The molecule has 0 aromatic heterocycles. The number of amides is 3. The van der Waals surface area contributed by atoms with E-state index in [4.69, 9.17) is 11.6 Å². The number of benzene rings is 3. The molecule has 208 valence electrons. The largest absolute Gasteiger partial charge is 0.352 e. The highest BCUT2D eigenvalue weighted by atomic mass is 35.5. The monoisotopic (exact) mass is 579 g/mol. The van der Waals surface area contributed by atoms with Crippen LogP contribution in [-0.4, -0.2) is 54.0 Å². The normalized spacial score (nSPS) is 16.9. The molecule has 10 heteroatoms. The van der Waals surface area contributed by atoms with Gasteiger partial charge in [0.25, 0.3) is 15.9 Å². The Morgan fingerprint density at radius 1 is 0.925 bits per heavy atom. The summed E-state index contributed by atoms with van der Waals surface area (Å²) in [5, 5.41) is 3.63. The summed E-state index contributed by atoms with van der Waals surface area (Å²) in [6.45, 7) is -0.688. The Labute approximate surface area is 239 Å². The minimum Gasteiger partial charge on any atom is -0.352 e. The lowest BCUT2D eigenvalue weighted by Crippen LogP contribution is -2.54. The molecule has 0 spiro atoms. The van der Waals surface area contributed by atoms with Crippen LogP contribution in [0.4, 0.5) is 0 Å². The molecule has 2 aliphatic rings. The molecule has 1 N–H and O–H groups in total. The van der Waals surface area contributed by atoms with E-state index in [1.165, 1.54) is 23.1 Å². The number of hydrogen-bond donors (Lipinski definition) is 1. The smallest absolute Gasteiger partial charge is 0.269 e. The zero-order chi connectivity index (χ0) is 28.3. The highest BCUT2D eigenvalue weighted by Gasteiger charge is 2.43. The van der Waals surface area contributed by atoms with Crippen molar-refractivity contribution in [2.75, 3.05) is 6.54 Å². The lowest BCUT2D eigenvalue weighted by atomic mass is 10.0. The Bertz CT molecular complexity index is 1510. The molecular formula is C30H30ClN3O5S. The Morgan fingerprint density at radius 2 is 1.57 bits per heavy atom. The van der Waals surface area contributed by atoms with Crippen LogP contribution in [0.3, 0.4) is 0 Å². The summed E-state index contributed by atoms with van der Waals surface area (Å²) in [5.41, 5.74) is 1.59. The van der Waals surface area contributed by atoms with E-state index >= 15 is 0 Å². The molecule has 0 radical (unpaired) electrons. The first-order valence-electron chi connectivity index (χ1n) is 13.3. The molecular weight excluding hydrogens is 550 g/mol. The van der Waals surface area contributed by atoms with Crippen LogP contribution in [0.25, 0.3) is 0 Å². The van der Waals surface area contributed by atoms with E-state index in [9.17, 15) is 22.8 Å². The van der Waals surface area contributed by atoms with Gasteiger partial charge >= 0.3 is 0 Å². The standard InChI is InChI=1S/C30H30ClN3O5S/c31-23-16-14-22(15-17-23)19-33(28(35)20-34-30(37)25-12-6-7-13-27(25)40(34,38)39)26(18-21-8-2-1-3-9-21)29(36)32-24-10-4-5-11-24/h1-3,6-9,12-17,24,26H,4-5,10-11,18-20H2,(H,32,36). The molecule has 0 bridgehead atoms. The number of hydrogen-bond acceptors (Lipinski definition) is 5. The molecule has 1 unspecified atom stereocenters. The topological polar surface area (TPSA) is 104 Å². The van der Waals surface area contributed by atoms with Crippen LogP contribution in [0, 0.1) is 0 Å². The van der Waals surface area contributed by atoms with Crippen molar-refractivity contribution in [3.05, 3.63) is 101 Å². The van der Waals surface area contributed by atoms with Crippen molar-refractivity contribution >= 4 is 39.3 Å². The number of halogens is 1. The molecule has 40 heavy (non-hydrogen) atoms. The van der Waals surface area contributed by atoms with E-state index in [2.05, 4.69) is 5.32 Å². The van der Waals surface area contributed by atoms with Crippen molar-refractivity contribution in [3.8, 4) is 0 Å². The van der Waals surface area contributed by atoms with Crippen molar-refractivity contribution in [2.45, 2.75) is 55.6 Å². The van der Waals surface area contributed by atoms with E-state index < -0.39 is 34.4 Å². The van der Waals surface area contributed by atoms with Crippen molar-refractivity contribution in [3.63, 3.8) is 0 Å². The Kier molecular flexibility index (Phi) is 8.23. The maximum absolute atomic E-state index is 14.0. The van der Waals surface area contributed by atoms with E-state index in [0.717, 1.165) is 31.2 Å². The summed E-state index contributed by atoms with van der Waals surface area (Å²) in [6, 6.07) is 21.2. The number of nitrogens with zero attached hydrogens (tertiary/aromatic N) is 2. The Morgan fingerprint density at radius 3 is 2.25 bits per heavy atom. The maximum Gasteiger partial charge on any atom is 0.269 e. The molecule has 8 nitrogen and oxygen atoms in total. The Hall–Kier alpha value is -3.69. The van der Waals surface area contributed by atoms with E-state index in [1.807, 2.05) is 30.3 Å². The van der Waals surface area contributed by atoms with Crippen LogP contribution in [0.1, 0.15) is 47.2 Å². The summed E-state index contributed by atoms with van der Waals surface area (Å²) in [6.07, 6.45) is 4.01. The minimum atomic E-state index is -4.21. The molecule has 3 amide bonds. The van der Waals surface area contributed by atoms with Gasteiger partial charge in [0.1, 0.15) is 17.5 Å². The quantitative estimate of drug-likeness (QED) is 0.409. The first-order chi connectivity index (χ1) is 19.2. The fourth-order valence-electron chi connectivity index (χ4n) is 5.31. The van der Waals surface area contributed by atoms with Gasteiger partial charge in [-0.25, -0.2) is 12.7 Å². The SMILES string of the molecule is O=C(NC1CCCC1)C(Cc1ccccc1)N(Cc1ccc(Cl)cc1)C(=O)CN1C(=O)c2ccccc2S1(=O)=O. The van der Waals surface area contributed by atoms with Gasteiger partial charge < -0.3 is 10.2 Å². The third-order valence-electron chi connectivity index (χ3n) is 7.43. The molecule has 5 rings (SSSR count). The number of fused-ring (bicyclic) bond motifs is 1. The highest BCUT2D eigenvalue weighted by Crippen LogP contribution is 2.30. The van der Waals surface area contributed by atoms with Gasteiger partial charge in [-0.3, -0.25) is 14.4 Å². The number of rotatable bonds is 9. The molecule has 1 heterocycles. The fraction of sp³-hybridized carbons (Fsp3) is 0.300. The molecule has 1 fully saturated rings. The van der Waals surface area contributed by atoms with E-state index in [0.29, 0.717) is 14.9 Å². The second-order valence-corrected chi connectivity index (χ2v) is 12.4. The highest BCUT2D eigenvalue weighted by molar-refractivity contribution is 7.90. The van der Waals surface area contributed by atoms with Gasteiger partial charge in [-0.05, 0) is 48.2 Å². The summed E-state index contributed by atoms with van der Waals surface area (Å²) < 4.78 is 27.0. The van der Waals surface area contributed by atoms with Gasteiger partial charge in [0.15, 0.2) is 0 Å². The fourth-order valence-corrected chi connectivity index (χ4v) is 6.95. The lowest BCUT2D eigenvalue weighted by Gasteiger charge is -2.33. The van der Waals surface area contributed by atoms with Crippen LogP contribution < -0.4 is 5.32 Å². The first kappa shape index (κ1) is 27.9. The average molecular weight is 580 g/mol. The predicted molar refractivity (Wildman–Crippen MR) is 151 cm³/mol. The maximum atomic E-state index is 14.0. The number of carbonyl (C=O) groups is 3. The average Bonchev–Trinajstić information content (AvgIpc) is 3.53. The van der Waals surface area contributed by atoms with Crippen LogP contribution in [0.5, 0.6) is 0 Å². The van der Waals surface area contributed by atoms with Crippen LogP contribution in [-0.2, 0) is 32.6 Å². The third kappa shape index (κ3) is 5.90. The molecule has 1 aliphatic carbocycles. The number of carbonyl (C=O) groups excluding carboxylic acids is 3. The van der Waals surface area contributed by atoms with Gasteiger partial charge in [-0.1, -0.05) is 79.0 Å². The molecule has 3 aromatic rings. The first-order valence-corrected chi connectivity index (χ1v) is 15.1. The van der Waals surface area contributed by atoms with Gasteiger partial charge in [-0.2, -0.15) is 0 Å². The summed E-state index contributed by atoms with van der Waals surface area (Å²) >= 11 is 6.08. The van der Waals surface area contributed by atoms with E-state index in [-0.39, 0.29) is 35.4 Å². The van der Waals surface area contributed by atoms with Crippen molar-refractivity contribution in [1.82, 2.24) is 14.5 Å². The minimum absolute atomic E-state index is 0.0216. The Balaban J connectivity index is 1.49. The van der Waals surface area contributed by atoms with Crippen molar-refractivity contribution in [1.29, 1.82) is 0 Å². The van der Waals surface area contributed by atoms with Crippen molar-refractivity contribution < 1.29 is 22.8 Å².